The third-order valence-corrected chi connectivity index (χ3v) is 5.97. The van der Waals surface area contributed by atoms with Crippen LogP contribution in [0.25, 0.3) is 0 Å². The standard InChI is InChI=1S/C17H27N3O2S/c1-3-15-7-5-6-8-16(15)12-20-17(18-4-2)19-11-14-9-10-23(21,22)13-14/h5-8,14H,3-4,9-13H2,1-2H3,(H2,18,19,20). The maximum atomic E-state index is 11.5. The zero-order chi connectivity index (χ0) is 16.7. The Morgan fingerprint density at radius 2 is 1.96 bits per heavy atom. The lowest BCUT2D eigenvalue weighted by molar-refractivity contribution is 0.567. The average molecular weight is 337 g/mol. The fraction of sp³-hybridized carbons (Fsp3) is 0.588. The van der Waals surface area contributed by atoms with Gasteiger partial charge in [-0.15, -0.1) is 0 Å². The van der Waals surface area contributed by atoms with Gasteiger partial charge < -0.3 is 10.6 Å². The Hall–Kier alpha value is -1.56. The Balaban J connectivity index is 1.94. The highest BCUT2D eigenvalue weighted by Gasteiger charge is 2.27. The summed E-state index contributed by atoms with van der Waals surface area (Å²) in [5.74, 6) is 1.55. The van der Waals surface area contributed by atoms with Crippen molar-refractivity contribution in [2.45, 2.75) is 33.2 Å². The molecule has 0 aliphatic carbocycles. The number of guanidine groups is 1. The number of hydrogen-bond donors (Lipinski definition) is 2. The van der Waals surface area contributed by atoms with Gasteiger partial charge >= 0.3 is 0 Å². The molecule has 1 aromatic carbocycles. The van der Waals surface area contributed by atoms with Gasteiger partial charge in [-0.1, -0.05) is 31.2 Å². The third-order valence-electron chi connectivity index (χ3n) is 4.14. The van der Waals surface area contributed by atoms with Crippen molar-refractivity contribution in [2.24, 2.45) is 10.9 Å². The predicted molar refractivity (Wildman–Crippen MR) is 95.4 cm³/mol. The first kappa shape index (κ1) is 17.8. The molecule has 1 atom stereocenters. The summed E-state index contributed by atoms with van der Waals surface area (Å²) in [5, 5.41) is 6.51. The fourth-order valence-electron chi connectivity index (χ4n) is 2.84. The van der Waals surface area contributed by atoms with Crippen LogP contribution in [0.15, 0.2) is 29.3 Å². The van der Waals surface area contributed by atoms with E-state index in [1.807, 2.05) is 13.0 Å². The highest BCUT2D eigenvalue weighted by atomic mass is 32.2. The van der Waals surface area contributed by atoms with Gasteiger partial charge in [0.05, 0.1) is 18.1 Å². The highest BCUT2D eigenvalue weighted by Crippen LogP contribution is 2.17. The molecule has 0 bridgehead atoms. The molecule has 1 aliphatic heterocycles. The Labute approximate surface area is 139 Å². The van der Waals surface area contributed by atoms with E-state index in [1.54, 1.807) is 0 Å². The lowest BCUT2D eigenvalue weighted by atomic mass is 10.1. The molecule has 0 radical (unpaired) electrons. The molecule has 0 aromatic heterocycles. The van der Waals surface area contributed by atoms with Gasteiger partial charge in [-0.05, 0) is 36.8 Å². The quantitative estimate of drug-likeness (QED) is 0.613. The Kier molecular flexibility index (Phi) is 6.45. The van der Waals surface area contributed by atoms with Crippen LogP contribution >= 0.6 is 0 Å². The normalized spacial score (nSPS) is 20.4. The van der Waals surface area contributed by atoms with Gasteiger partial charge in [0.2, 0.25) is 0 Å². The van der Waals surface area contributed by atoms with Crippen molar-refractivity contribution in [1.82, 2.24) is 10.6 Å². The number of aliphatic imine (C=N–C) groups is 1. The maximum absolute atomic E-state index is 11.5. The van der Waals surface area contributed by atoms with Gasteiger partial charge in [0.15, 0.2) is 15.8 Å². The molecule has 2 rings (SSSR count). The van der Waals surface area contributed by atoms with Crippen molar-refractivity contribution in [3.63, 3.8) is 0 Å². The largest absolute Gasteiger partial charge is 0.357 e. The van der Waals surface area contributed by atoms with E-state index in [-0.39, 0.29) is 11.7 Å². The minimum absolute atomic E-state index is 0.187. The predicted octanol–water partition coefficient (Wildman–Crippen LogP) is 1.74. The molecule has 1 fully saturated rings. The highest BCUT2D eigenvalue weighted by molar-refractivity contribution is 7.91. The number of rotatable bonds is 6. The minimum atomic E-state index is -2.82. The molecule has 0 amide bonds. The van der Waals surface area contributed by atoms with Crippen LogP contribution in [0.5, 0.6) is 0 Å². The van der Waals surface area contributed by atoms with Gasteiger partial charge in [-0.3, -0.25) is 0 Å². The second-order valence-corrected chi connectivity index (χ2v) is 8.20. The zero-order valence-electron chi connectivity index (χ0n) is 14.0. The van der Waals surface area contributed by atoms with E-state index in [0.717, 1.165) is 25.3 Å². The SMILES string of the molecule is CCNC(=NCc1ccccc1CC)NCC1CCS(=O)(=O)C1. The average Bonchev–Trinajstić information content (AvgIpc) is 2.89. The second-order valence-electron chi connectivity index (χ2n) is 5.97. The summed E-state index contributed by atoms with van der Waals surface area (Å²) >= 11 is 0. The minimum Gasteiger partial charge on any atom is -0.357 e. The fourth-order valence-corrected chi connectivity index (χ4v) is 4.70. The van der Waals surface area contributed by atoms with Crippen LogP contribution in [0.4, 0.5) is 0 Å². The van der Waals surface area contributed by atoms with Crippen molar-refractivity contribution in [3.8, 4) is 0 Å². The number of nitrogens with one attached hydrogen (secondary N) is 2. The molecule has 0 saturated carbocycles. The van der Waals surface area contributed by atoms with Crippen molar-refractivity contribution in [3.05, 3.63) is 35.4 Å². The Bertz CT molecular complexity index is 641. The van der Waals surface area contributed by atoms with E-state index in [0.29, 0.717) is 18.8 Å². The number of benzene rings is 1. The first-order chi connectivity index (χ1) is 11.0. The molecule has 23 heavy (non-hydrogen) atoms. The number of nitrogens with zero attached hydrogens (tertiary/aromatic N) is 1. The van der Waals surface area contributed by atoms with Crippen LogP contribution in [0, 0.1) is 5.92 Å². The smallest absolute Gasteiger partial charge is 0.191 e. The van der Waals surface area contributed by atoms with E-state index < -0.39 is 9.84 Å². The Morgan fingerprint density at radius 3 is 2.57 bits per heavy atom. The topological polar surface area (TPSA) is 70.6 Å². The molecule has 5 nitrogen and oxygen atoms in total. The number of hydrogen-bond acceptors (Lipinski definition) is 3. The van der Waals surface area contributed by atoms with Crippen LogP contribution < -0.4 is 10.6 Å². The number of sulfone groups is 1. The van der Waals surface area contributed by atoms with Crippen molar-refractivity contribution in [1.29, 1.82) is 0 Å². The summed E-state index contributed by atoms with van der Waals surface area (Å²) in [5.41, 5.74) is 2.55. The van der Waals surface area contributed by atoms with Crippen LogP contribution in [0.3, 0.4) is 0 Å². The first-order valence-corrected chi connectivity index (χ1v) is 10.2. The van der Waals surface area contributed by atoms with Crippen LogP contribution in [0.2, 0.25) is 0 Å². The Morgan fingerprint density at radius 1 is 1.22 bits per heavy atom. The molecule has 1 aliphatic rings. The molecule has 0 spiro atoms. The van der Waals surface area contributed by atoms with E-state index >= 15 is 0 Å². The van der Waals surface area contributed by atoms with E-state index in [4.69, 9.17) is 0 Å². The van der Waals surface area contributed by atoms with Gasteiger partial charge in [0, 0.05) is 13.1 Å². The van der Waals surface area contributed by atoms with Crippen molar-refractivity contribution < 1.29 is 8.42 Å². The molecule has 1 saturated heterocycles. The van der Waals surface area contributed by atoms with Gasteiger partial charge in [-0.2, -0.15) is 0 Å². The molecule has 1 unspecified atom stereocenters. The van der Waals surface area contributed by atoms with Gasteiger partial charge in [-0.25, -0.2) is 13.4 Å². The molecule has 2 N–H and O–H groups in total. The molecule has 6 heteroatoms. The van der Waals surface area contributed by atoms with E-state index in [9.17, 15) is 8.42 Å². The second kappa shape index (κ2) is 8.34. The lowest BCUT2D eigenvalue weighted by Gasteiger charge is -2.14. The summed E-state index contributed by atoms with van der Waals surface area (Å²) in [4.78, 5) is 4.63. The van der Waals surface area contributed by atoms with Gasteiger partial charge in [0.25, 0.3) is 0 Å². The molecule has 128 valence electrons. The summed E-state index contributed by atoms with van der Waals surface area (Å²) in [6, 6.07) is 8.33. The monoisotopic (exact) mass is 337 g/mol. The van der Waals surface area contributed by atoms with E-state index in [1.165, 1.54) is 11.1 Å². The third kappa shape index (κ3) is 5.53. The summed E-state index contributed by atoms with van der Waals surface area (Å²) in [7, 11) is -2.82. The lowest BCUT2D eigenvalue weighted by Crippen LogP contribution is -2.40. The van der Waals surface area contributed by atoms with Crippen LogP contribution in [-0.4, -0.2) is 39.0 Å². The first-order valence-electron chi connectivity index (χ1n) is 8.33. The zero-order valence-corrected chi connectivity index (χ0v) is 14.8. The van der Waals surface area contributed by atoms with Crippen molar-refractivity contribution >= 4 is 15.8 Å². The van der Waals surface area contributed by atoms with E-state index in [2.05, 4.69) is 40.7 Å². The van der Waals surface area contributed by atoms with Crippen molar-refractivity contribution in [2.75, 3.05) is 24.6 Å². The van der Waals surface area contributed by atoms with Gasteiger partial charge in [0.1, 0.15) is 0 Å². The summed E-state index contributed by atoms with van der Waals surface area (Å²) < 4.78 is 23.0. The summed E-state index contributed by atoms with van der Waals surface area (Å²) in [6.07, 6.45) is 1.74. The molecular weight excluding hydrogens is 310 g/mol. The van der Waals surface area contributed by atoms with Crippen LogP contribution in [0.1, 0.15) is 31.4 Å². The molecule has 1 heterocycles. The summed E-state index contributed by atoms with van der Waals surface area (Å²) in [6.45, 7) is 6.23. The number of aryl methyl sites for hydroxylation is 1. The molecule has 1 aromatic rings. The molecular formula is C17H27N3O2S. The maximum Gasteiger partial charge on any atom is 0.191 e. The van der Waals surface area contributed by atoms with Crippen LogP contribution in [-0.2, 0) is 22.8 Å².